The van der Waals surface area contributed by atoms with Gasteiger partial charge in [-0.3, -0.25) is 4.99 Å². The molecule has 1 aromatic heterocycles. The number of morpholine rings is 1. The van der Waals surface area contributed by atoms with Gasteiger partial charge in [-0.2, -0.15) is 0 Å². The van der Waals surface area contributed by atoms with Crippen molar-refractivity contribution in [1.29, 1.82) is 0 Å². The molecule has 1 saturated heterocycles. The molecule has 110 valence electrons. The molecule has 1 fully saturated rings. The quantitative estimate of drug-likeness (QED) is 0.789. The van der Waals surface area contributed by atoms with Gasteiger partial charge in [-0.1, -0.05) is 6.07 Å². The Kier molecular flexibility index (Phi) is 4.36. The Morgan fingerprint density at radius 2 is 2.05 bits per heavy atom. The maximum atomic E-state index is 13.1. The standard InChI is InChI=1S/C15H14BrFN2O2/c16-14-9-13(10-18-12-3-1-2-11(17)8-12)21-15(14)19-4-6-20-7-5-19/h1-3,8-10H,4-7H2. The predicted molar refractivity (Wildman–Crippen MR) is 83.1 cm³/mol. The largest absolute Gasteiger partial charge is 0.438 e. The lowest BCUT2D eigenvalue weighted by Gasteiger charge is -2.26. The Hall–Kier alpha value is -1.66. The summed E-state index contributed by atoms with van der Waals surface area (Å²) >= 11 is 3.49. The number of hydrogen-bond donors (Lipinski definition) is 0. The van der Waals surface area contributed by atoms with Crippen LogP contribution >= 0.6 is 15.9 Å². The lowest BCUT2D eigenvalue weighted by Crippen LogP contribution is -2.36. The number of ether oxygens (including phenoxy) is 1. The molecule has 0 atom stereocenters. The number of furan rings is 1. The van der Waals surface area contributed by atoms with E-state index in [0.717, 1.165) is 23.4 Å². The first-order chi connectivity index (χ1) is 10.2. The van der Waals surface area contributed by atoms with Crippen LogP contribution in [-0.2, 0) is 4.74 Å². The van der Waals surface area contributed by atoms with Crippen molar-refractivity contribution in [3.63, 3.8) is 0 Å². The van der Waals surface area contributed by atoms with Gasteiger partial charge in [0.25, 0.3) is 0 Å². The molecule has 1 aromatic carbocycles. The van der Waals surface area contributed by atoms with Crippen LogP contribution < -0.4 is 4.90 Å². The summed E-state index contributed by atoms with van der Waals surface area (Å²) in [5, 5.41) is 0. The average Bonchev–Trinajstić information content (AvgIpc) is 2.87. The van der Waals surface area contributed by atoms with Crippen LogP contribution in [0.15, 0.2) is 44.2 Å². The van der Waals surface area contributed by atoms with Gasteiger partial charge in [-0.05, 0) is 34.1 Å². The molecule has 21 heavy (non-hydrogen) atoms. The SMILES string of the molecule is Fc1cccc(N=Cc2cc(Br)c(N3CCOCC3)o2)c1. The predicted octanol–water partition coefficient (Wildman–Crippen LogP) is 3.77. The van der Waals surface area contributed by atoms with E-state index in [0.29, 0.717) is 24.7 Å². The number of nitrogens with zero attached hydrogens (tertiary/aromatic N) is 2. The Morgan fingerprint density at radius 1 is 1.24 bits per heavy atom. The highest BCUT2D eigenvalue weighted by atomic mass is 79.9. The fourth-order valence-corrected chi connectivity index (χ4v) is 2.67. The minimum absolute atomic E-state index is 0.306. The van der Waals surface area contributed by atoms with Crippen molar-refractivity contribution in [2.24, 2.45) is 4.99 Å². The van der Waals surface area contributed by atoms with Gasteiger partial charge in [0.2, 0.25) is 5.88 Å². The molecule has 2 heterocycles. The van der Waals surface area contributed by atoms with E-state index in [4.69, 9.17) is 9.15 Å². The van der Waals surface area contributed by atoms with E-state index in [1.54, 1.807) is 18.3 Å². The molecule has 1 aliphatic heterocycles. The van der Waals surface area contributed by atoms with Crippen molar-refractivity contribution in [1.82, 2.24) is 0 Å². The van der Waals surface area contributed by atoms with Crippen molar-refractivity contribution >= 4 is 33.7 Å². The van der Waals surface area contributed by atoms with Crippen LogP contribution in [0, 0.1) is 5.82 Å². The number of aliphatic imine (C=N–C) groups is 1. The summed E-state index contributed by atoms with van der Waals surface area (Å²) in [7, 11) is 0. The van der Waals surface area contributed by atoms with E-state index in [9.17, 15) is 4.39 Å². The first kappa shape index (κ1) is 14.3. The van der Waals surface area contributed by atoms with Gasteiger partial charge in [0, 0.05) is 19.2 Å². The third kappa shape index (κ3) is 3.51. The topological polar surface area (TPSA) is 38.0 Å². The van der Waals surface area contributed by atoms with Crippen LogP contribution in [0.1, 0.15) is 5.76 Å². The van der Waals surface area contributed by atoms with Crippen LogP contribution in [0.3, 0.4) is 0 Å². The molecule has 0 bridgehead atoms. The normalized spacial score (nSPS) is 15.8. The fourth-order valence-electron chi connectivity index (χ4n) is 2.12. The highest BCUT2D eigenvalue weighted by Crippen LogP contribution is 2.30. The van der Waals surface area contributed by atoms with Crippen LogP contribution in [0.25, 0.3) is 0 Å². The molecular weight excluding hydrogens is 339 g/mol. The van der Waals surface area contributed by atoms with Crippen LogP contribution in [0.2, 0.25) is 0 Å². The lowest BCUT2D eigenvalue weighted by molar-refractivity contribution is 0.120. The molecule has 0 aliphatic carbocycles. The van der Waals surface area contributed by atoms with Gasteiger partial charge in [0.05, 0.1) is 29.6 Å². The Labute approximate surface area is 130 Å². The van der Waals surface area contributed by atoms with E-state index in [-0.39, 0.29) is 5.82 Å². The Balaban J connectivity index is 1.77. The minimum Gasteiger partial charge on any atom is -0.438 e. The zero-order valence-corrected chi connectivity index (χ0v) is 12.8. The van der Waals surface area contributed by atoms with E-state index in [2.05, 4.69) is 25.8 Å². The molecule has 4 nitrogen and oxygen atoms in total. The second-order valence-corrected chi connectivity index (χ2v) is 5.49. The lowest BCUT2D eigenvalue weighted by atomic mass is 10.3. The fraction of sp³-hybridized carbons (Fsp3) is 0.267. The average molecular weight is 353 g/mol. The second-order valence-electron chi connectivity index (χ2n) is 4.64. The highest BCUT2D eigenvalue weighted by Gasteiger charge is 2.18. The number of hydrogen-bond acceptors (Lipinski definition) is 4. The molecule has 0 radical (unpaired) electrons. The Bertz CT molecular complexity index is 651. The molecule has 0 amide bonds. The van der Waals surface area contributed by atoms with Gasteiger partial charge in [0.15, 0.2) is 0 Å². The minimum atomic E-state index is -0.306. The monoisotopic (exact) mass is 352 g/mol. The van der Waals surface area contributed by atoms with E-state index >= 15 is 0 Å². The number of rotatable bonds is 3. The summed E-state index contributed by atoms with van der Waals surface area (Å²) < 4.78 is 25.1. The van der Waals surface area contributed by atoms with Gasteiger partial charge in [0.1, 0.15) is 11.6 Å². The molecular formula is C15H14BrFN2O2. The molecule has 0 saturated carbocycles. The van der Waals surface area contributed by atoms with Crippen molar-refractivity contribution < 1.29 is 13.5 Å². The van der Waals surface area contributed by atoms with Crippen LogP contribution in [-0.4, -0.2) is 32.5 Å². The van der Waals surface area contributed by atoms with Crippen molar-refractivity contribution in [3.8, 4) is 0 Å². The van der Waals surface area contributed by atoms with Gasteiger partial charge < -0.3 is 14.1 Å². The van der Waals surface area contributed by atoms with E-state index in [1.807, 2.05) is 6.07 Å². The molecule has 1 aliphatic rings. The number of anilines is 1. The van der Waals surface area contributed by atoms with Crippen molar-refractivity contribution in [2.45, 2.75) is 0 Å². The molecule has 3 rings (SSSR count). The van der Waals surface area contributed by atoms with E-state index in [1.165, 1.54) is 12.1 Å². The van der Waals surface area contributed by atoms with Gasteiger partial charge in [-0.25, -0.2) is 4.39 Å². The smallest absolute Gasteiger partial charge is 0.210 e. The third-order valence-electron chi connectivity index (χ3n) is 3.14. The van der Waals surface area contributed by atoms with Crippen LogP contribution in [0.5, 0.6) is 0 Å². The first-order valence-electron chi connectivity index (χ1n) is 6.64. The molecule has 0 N–H and O–H groups in total. The van der Waals surface area contributed by atoms with Crippen molar-refractivity contribution in [2.75, 3.05) is 31.2 Å². The van der Waals surface area contributed by atoms with Gasteiger partial charge >= 0.3 is 0 Å². The van der Waals surface area contributed by atoms with Crippen LogP contribution in [0.4, 0.5) is 16.0 Å². The number of benzene rings is 1. The molecule has 2 aromatic rings. The summed E-state index contributed by atoms with van der Waals surface area (Å²) in [6.07, 6.45) is 1.59. The number of halogens is 2. The summed E-state index contributed by atoms with van der Waals surface area (Å²) in [5.41, 5.74) is 0.551. The first-order valence-corrected chi connectivity index (χ1v) is 7.43. The Morgan fingerprint density at radius 3 is 2.81 bits per heavy atom. The maximum absolute atomic E-state index is 13.1. The molecule has 6 heteroatoms. The van der Waals surface area contributed by atoms with Gasteiger partial charge in [-0.15, -0.1) is 0 Å². The zero-order valence-electron chi connectivity index (χ0n) is 11.3. The second kappa shape index (κ2) is 6.41. The highest BCUT2D eigenvalue weighted by molar-refractivity contribution is 9.10. The summed E-state index contributed by atoms with van der Waals surface area (Å²) in [6, 6.07) is 7.98. The zero-order chi connectivity index (χ0) is 14.7. The maximum Gasteiger partial charge on any atom is 0.210 e. The summed E-state index contributed by atoms with van der Waals surface area (Å²) in [5.74, 6) is 1.09. The molecule has 0 unspecified atom stereocenters. The van der Waals surface area contributed by atoms with Crippen molar-refractivity contribution in [3.05, 3.63) is 46.4 Å². The third-order valence-corrected chi connectivity index (χ3v) is 3.70. The summed E-state index contributed by atoms with van der Waals surface area (Å²) in [6.45, 7) is 2.99. The van der Waals surface area contributed by atoms with E-state index < -0.39 is 0 Å². The molecule has 0 spiro atoms. The summed E-state index contributed by atoms with van der Waals surface area (Å²) in [4.78, 5) is 6.33.